The van der Waals surface area contributed by atoms with E-state index in [-0.39, 0.29) is 12.0 Å². The molecule has 2 fully saturated rings. The topological polar surface area (TPSA) is 46.3 Å². The van der Waals surface area contributed by atoms with Crippen LogP contribution in [0.1, 0.15) is 12.8 Å². The Hall–Kier alpha value is -0.830. The number of carbonyl (C=O) groups is 1. The molecule has 1 saturated carbocycles. The van der Waals surface area contributed by atoms with E-state index in [1.54, 1.807) is 0 Å². The predicted molar refractivity (Wildman–Crippen MR) is 53.4 cm³/mol. The van der Waals surface area contributed by atoms with Crippen molar-refractivity contribution in [2.45, 2.75) is 18.9 Å². The molecule has 2 aliphatic carbocycles. The fourth-order valence-electron chi connectivity index (χ4n) is 2.99. The highest BCUT2D eigenvalue weighted by Gasteiger charge is 2.43. The fourth-order valence-corrected chi connectivity index (χ4v) is 2.99. The van der Waals surface area contributed by atoms with E-state index < -0.39 is 0 Å². The molecule has 1 amide bonds. The van der Waals surface area contributed by atoms with Crippen LogP contribution in [0.15, 0.2) is 12.2 Å². The second kappa shape index (κ2) is 2.83. The zero-order chi connectivity index (χ0) is 9.71. The van der Waals surface area contributed by atoms with Crippen LogP contribution < -0.4 is 5.73 Å². The van der Waals surface area contributed by atoms with E-state index in [1.807, 2.05) is 4.90 Å². The third-order valence-electron chi connectivity index (χ3n) is 3.82. The summed E-state index contributed by atoms with van der Waals surface area (Å²) in [7, 11) is 0. The van der Waals surface area contributed by atoms with Crippen LogP contribution in [-0.4, -0.2) is 29.9 Å². The van der Waals surface area contributed by atoms with Gasteiger partial charge >= 0.3 is 0 Å². The van der Waals surface area contributed by atoms with E-state index in [9.17, 15) is 4.79 Å². The summed E-state index contributed by atoms with van der Waals surface area (Å²) >= 11 is 0. The second-order valence-corrected chi connectivity index (χ2v) is 4.89. The van der Waals surface area contributed by atoms with Crippen LogP contribution in [0.5, 0.6) is 0 Å². The van der Waals surface area contributed by atoms with Gasteiger partial charge in [0.1, 0.15) is 0 Å². The highest BCUT2D eigenvalue weighted by Crippen LogP contribution is 2.44. The molecule has 3 rings (SSSR count). The molecule has 2 N–H and O–H groups in total. The van der Waals surface area contributed by atoms with Crippen LogP contribution in [0.25, 0.3) is 0 Å². The molecule has 76 valence electrons. The predicted octanol–water partition coefficient (Wildman–Crippen LogP) is 0.368. The summed E-state index contributed by atoms with van der Waals surface area (Å²) < 4.78 is 0. The Morgan fingerprint density at radius 3 is 2.57 bits per heavy atom. The molecule has 1 saturated heterocycles. The number of nitrogens with zero attached hydrogens (tertiary/aromatic N) is 1. The largest absolute Gasteiger partial charge is 0.339 e. The number of amides is 1. The molecule has 3 aliphatic rings. The summed E-state index contributed by atoms with van der Waals surface area (Å²) in [5.41, 5.74) is 5.67. The zero-order valence-electron chi connectivity index (χ0n) is 8.23. The number of hydrogen-bond acceptors (Lipinski definition) is 2. The standard InChI is InChI=1S/C11H16N2O/c12-9-5-13(6-9)11(14)10-4-7-1-2-8(10)3-7/h1-2,7-10H,3-6,12H2. The summed E-state index contributed by atoms with van der Waals surface area (Å²) in [5.74, 6) is 1.84. The Morgan fingerprint density at radius 2 is 2.07 bits per heavy atom. The molecule has 0 spiro atoms. The first-order chi connectivity index (χ1) is 6.74. The average Bonchev–Trinajstić information content (AvgIpc) is 2.72. The van der Waals surface area contributed by atoms with Gasteiger partial charge in [-0.05, 0) is 24.7 Å². The second-order valence-electron chi connectivity index (χ2n) is 4.89. The Balaban J connectivity index is 1.66. The van der Waals surface area contributed by atoms with Gasteiger partial charge in [0, 0.05) is 25.0 Å². The minimum Gasteiger partial charge on any atom is -0.339 e. The maximum Gasteiger partial charge on any atom is 0.226 e. The molecule has 1 aliphatic heterocycles. The first-order valence-corrected chi connectivity index (χ1v) is 5.47. The Labute approximate surface area is 83.9 Å². The summed E-state index contributed by atoms with van der Waals surface area (Å²) in [6.07, 6.45) is 6.79. The molecular weight excluding hydrogens is 176 g/mol. The molecule has 3 atom stereocenters. The van der Waals surface area contributed by atoms with Gasteiger partial charge in [-0.1, -0.05) is 12.2 Å². The van der Waals surface area contributed by atoms with Crippen molar-refractivity contribution < 1.29 is 4.79 Å². The van der Waals surface area contributed by atoms with Gasteiger partial charge in [0.2, 0.25) is 5.91 Å². The lowest BCUT2D eigenvalue weighted by Gasteiger charge is -2.39. The lowest BCUT2D eigenvalue weighted by molar-refractivity contribution is -0.140. The summed E-state index contributed by atoms with van der Waals surface area (Å²) in [5, 5.41) is 0. The van der Waals surface area contributed by atoms with Crippen LogP contribution in [0.4, 0.5) is 0 Å². The number of likely N-dealkylation sites (tertiary alicyclic amines) is 1. The van der Waals surface area contributed by atoms with Gasteiger partial charge < -0.3 is 10.6 Å². The maximum absolute atomic E-state index is 12.0. The molecule has 14 heavy (non-hydrogen) atoms. The van der Waals surface area contributed by atoms with E-state index in [2.05, 4.69) is 12.2 Å². The number of hydrogen-bond donors (Lipinski definition) is 1. The summed E-state index contributed by atoms with van der Waals surface area (Å²) in [4.78, 5) is 13.9. The van der Waals surface area contributed by atoms with Crippen molar-refractivity contribution in [1.29, 1.82) is 0 Å². The van der Waals surface area contributed by atoms with Gasteiger partial charge in [-0.2, -0.15) is 0 Å². The van der Waals surface area contributed by atoms with Gasteiger partial charge in [-0.25, -0.2) is 0 Å². The molecule has 1 heterocycles. The van der Waals surface area contributed by atoms with E-state index in [1.165, 1.54) is 6.42 Å². The SMILES string of the molecule is NC1CN(C(=O)C2CC3C=CC2C3)C1. The smallest absolute Gasteiger partial charge is 0.226 e. The normalized spacial score (nSPS) is 40.4. The lowest BCUT2D eigenvalue weighted by atomic mass is 9.91. The number of fused-ring (bicyclic) bond motifs is 2. The molecule has 2 bridgehead atoms. The third kappa shape index (κ3) is 1.12. The molecular formula is C11H16N2O. The van der Waals surface area contributed by atoms with Gasteiger partial charge in [-0.15, -0.1) is 0 Å². The van der Waals surface area contributed by atoms with Crippen molar-refractivity contribution >= 4 is 5.91 Å². The number of rotatable bonds is 1. The highest BCUT2D eigenvalue weighted by molar-refractivity contribution is 5.81. The van der Waals surface area contributed by atoms with Crippen molar-refractivity contribution in [2.24, 2.45) is 23.5 Å². The van der Waals surface area contributed by atoms with Crippen molar-refractivity contribution in [3.8, 4) is 0 Å². The van der Waals surface area contributed by atoms with Crippen molar-refractivity contribution in [3.05, 3.63) is 12.2 Å². The number of allylic oxidation sites excluding steroid dienone is 2. The molecule has 3 nitrogen and oxygen atoms in total. The van der Waals surface area contributed by atoms with Crippen LogP contribution in [0.3, 0.4) is 0 Å². The first kappa shape index (κ1) is 8.48. The highest BCUT2D eigenvalue weighted by atomic mass is 16.2. The Bertz CT molecular complexity index is 294. The van der Waals surface area contributed by atoms with Crippen molar-refractivity contribution in [2.75, 3.05) is 13.1 Å². The molecule has 0 aromatic carbocycles. The van der Waals surface area contributed by atoms with Crippen LogP contribution in [0.2, 0.25) is 0 Å². The molecule has 0 aromatic rings. The van der Waals surface area contributed by atoms with Crippen LogP contribution >= 0.6 is 0 Å². The average molecular weight is 192 g/mol. The molecule has 3 heteroatoms. The van der Waals surface area contributed by atoms with Crippen LogP contribution in [-0.2, 0) is 4.79 Å². The monoisotopic (exact) mass is 192 g/mol. The third-order valence-corrected chi connectivity index (χ3v) is 3.82. The van der Waals surface area contributed by atoms with E-state index in [4.69, 9.17) is 5.73 Å². The zero-order valence-corrected chi connectivity index (χ0v) is 8.23. The summed E-state index contributed by atoms with van der Waals surface area (Å²) in [6, 6.07) is 0.230. The minimum absolute atomic E-state index is 0.230. The van der Waals surface area contributed by atoms with Gasteiger partial charge in [0.05, 0.1) is 0 Å². The van der Waals surface area contributed by atoms with Gasteiger partial charge in [-0.3, -0.25) is 4.79 Å². The van der Waals surface area contributed by atoms with Gasteiger partial charge in [0.25, 0.3) is 0 Å². The van der Waals surface area contributed by atoms with E-state index in [0.29, 0.717) is 17.7 Å². The van der Waals surface area contributed by atoms with E-state index in [0.717, 1.165) is 19.5 Å². The maximum atomic E-state index is 12.0. The number of nitrogens with two attached hydrogens (primary N) is 1. The van der Waals surface area contributed by atoms with Crippen molar-refractivity contribution in [3.63, 3.8) is 0 Å². The van der Waals surface area contributed by atoms with Gasteiger partial charge in [0.15, 0.2) is 0 Å². The molecule has 3 unspecified atom stereocenters. The fraction of sp³-hybridized carbons (Fsp3) is 0.727. The first-order valence-electron chi connectivity index (χ1n) is 5.47. The molecule has 0 aromatic heterocycles. The quantitative estimate of drug-likeness (QED) is 0.610. The number of carbonyl (C=O) groups excluding carboxylic acids is 1. The Kier molecular flexibility index (Phi) is 1.71. The van der Waals surface area contributed by atoms with Crippen molar-refractivity contribution in [1.82, 2.24) is 4.90 Å². The van der Waals surface area contributed by atoms with Crippen LogP contribution in [0, 0.1) is 17.8 Å². The minimum atomic E-state index is 0.230. The van der Waals surface area contributed by atoms with E-state index >= 15 is 0 Å². The Morgan fingerprint density at radius 1 is 1.29 bits per heavy atom. The molecule has 0 radical (unpaired) electrons. The summed E-state index contributed by atoms with van der Waals surface area (Å²) in [6.45, 7) is 1.55. The lowest BCUT2D eigenvalue weighted by Crippen LogP contribution is -2.59.